The van der Waals surface area contributed by atoms with Gasteiger partial charge in [-0.2, -0.15) is 4.31 Å². The predicted octanol–water partition coefficient (Wildman–Crippen LogP) is 2.69. The first-order valence-corrected chi connectivity index (χ1v) is 12.5. The van der Waals surface area contributed by atoms with E-state index in [1.807, 2.05) is 42.5 Å². The summed E-state index contributed by atoms with van der Waals surface area (Å²) in [7, 11) is -3.38. The van der Waals surface area contributed by atoms with E-state index in [1.54, 1.807) is 0 Å². The van der Waals surface area contributed by atoms with E-state index in [9.17, 15) is 13.2 Å². The molecule has 166 valence electrons. The molecule has 3 aromatic rings. The molecule has 0 radical (unpaired) electrons. The molecule has 3 N–H and O–H groups in total. The third-order valence-electron chi connectivity index (χ3n) is 6.32. The van der Waals surface area contributed by atoms with Crippen LogP contribution in [0, 0.1) is 0 Å². The van der Waals surface area contributed by atoms with Crippen LogP contribution >= 0.6 is 0 Å². The van der Waals surface area contributed by atoms with Gasteiger partial charge in [0.15, 0.2) is 0 Å². The Morgan fingerprint density at radius 2 is 1.94 bits per heavy atom. The molecule has 1 unspecified atom stereocenters. The number of nitrogen functional groups attached to an aromatic ring is 1. The first-order chi connectivity index (χ1) is 15.3. The van der Waals surface area contributed by atoms with Gasteiger partial charge in [-0.3, -0.25) is 4.79 Å². The van der Waals surface area contributed by atoms with E-state index in [-0.39, 0.29) is 12.5 Å². The molecule has 9 heteroatoms. The van der Waals surface area contributed by atoms with Gasteiger partial charge in [-0.05, 0) is 41.7 Å². The molecule has 32 heavy (non-hydrogen) atoms. The number of hydrogen-bond donors (Lipinski definition) is 2. The van der Waals surface area contributed by atoms with Crippen molar-refractivity contribution < 1.29 is 13.2 Å². The fraction of sp³-hybridized carbons (Fsp3) is 0.304. The highest BCUT2D eigenvalue weighted by molar-refractivity contribution is 7.88. The maximum atomic E-state index is 13.7. The van der Waals surface area contributed by atoms with Crippen LogP contribution in [-0.2, 0) is 23.0 Å². The molecule has 0 aliphatic carbocycles. The number of aromatic nitrogens is 2. The Hall–Kier alpha value is -3.17. The number of nitrogens with zero attached hydrogens (tertiary/aromatic N) is 3. The van der Waals surface area contributed by atoms with Crippen molar-refractivity contribution in [3.8, 4) is 11.1 Å². The van der Waals surface area contributed by atoms with Gasteiger partial charge in [0.2, 0.25) is 10.0 Å². The summed E-state index contributed by atoms with van der Waals surface area (Å²) in [6.07, 6.45) is 2.24. The zero-order valence-electron chi connectivity index (χ0n) is 17.8. The van der Waals surface area contributed by atoms with Gasteiger partial charge in [0.05, 0.1) is 24.4 Å². The van der Waals surface area contributed by atoms with Gasteiger partial charge in [0.1, 0.15) is 5.82 Å². The second-order valence-corrected chi connectivity index (χ2v) is 10.3. The molecule has 5 rings (SSSR count). The lowest BCUT2D eigenvalue weighted by Crippen LogP contribution is -2.37. The van der Waals surface area contributed by atoms with Crippen LogP contribution in [0.1, 0.15) is 34.0 Å². The normalized spacial score (nSPS) is 18.5. The van der Waals surface area contributed by atoms with Gasteiger partial charge < -0.3 is 11.1 Å². The fourth-order valence-corrected chi connectivity index (χ4v) is 5.40. The Bertz CT molecular complexity index is 1300. The van der Waals surface area contributed by atoms with Crippen molar-refractivity contribution in [2.45, 2.75) is 25.3 Å². The van der Waals surface area contributed by atoms with E-state index in [0.29, 0.717) is 37.4 Å². The van der Waals surface area contributed by atoms with Crippen molar-refractivity contribution in [1.82, 2.24) is 14.1 Å². The van der Waals surface area contributed by atoms with Crippen molar-refractivity contribution in [3.63, 3.8) is 0 Å². The predicted molar refractivity (Wildman–Crippen MR) is 124 cm³/mol. The number of anilines is 2. The van der Waals surface area contributed by atoms with Gasteiger partial charge in [-0.15, -0.1) is 5.10 Å². The van der Waals surface area contributed by atoms with Crippen molar-refractivity contribution in [2.24, 2.45) is 0 Å². The SMILES string of the molecule is CS(=O)(=O)N1CCc2c(N)nn(C(=O)C3CCNc4ccc(-c5ccccc5)cc43)c2C1. The average molecular weight is 452 g/mol. The Kier molecular flexibility index (Phi) is 5.02. The Labute approximate surface area is 187 Å². The molecule has 0 saturated heterocycles. The highest BCUT2D eigenvalue weighted by Crippen LogP contribution is 2.37. The zero-order valence-corrected chi connectivity index (χ0v) is 18.6. The number of hydrogen-bond acceptors (Lipinski definition) is 6. The maximum absolute atomic E-state index is 13.7. The van der Waals surface area contributed by atoms with E-state index in [2.05, 4.69) is 16.5 Å². The highest BCUT2D eigenvalue weighted by atomic mass is 32.2. The molecule has 0 fully saturated rings. The monoisotopic (exact) mass is 451 g/mol. The van der Waals surface area contributed by atoms with E-state index in [0.717, 1.165) is 27.9 Å². The second kappa shape index (κ2) is 7.75. The molecule has 2 aliphatic rings. The van der Waals surface area contributed by atoms with Crippen LogP contribution in [0.15, 0.2) is 48.5 Å². The number of nitrogens with one attached hydrogen (secondary N) is 1. The minimum atomic E-state index is -3.38. The highest BCUT2D eigenvalue weighted by Gasteiger charge is 2.34. The number of carbonyl (C=O) groups is 1. The van der Waals surface area contributed by atoms with Crippen LogP contribution in [0.2, 0.25) is 0 Å². The largest absolute Gasteiger partial charge is 0.385 e. The molecular formula is C23H25N5O3S. The molecule has 0 spiro atoms. The number of rotatable bonds is 3. The van der Waals surface area contributed by atoms with Crippen molar-refractivity contribution in [3.05, 3.63) is 65.4 Å². The van der Waals surface area contributed by atoms with Gasteiger partial charge in [-0.25, -0.2) is 13.1 Å². The van der Waals surface area contributed by atoms with Crippen LogP contribution in [0.4, 0.5) is 11.5 Å². The molecule has 0 bridgehead atoms. The Morgan fingerprint density at radius 3 is 2.69 bits per heavy atom. The van der Waals surface area contributed by atoms with E-state index < -0.39 is 15.9 Å². The number of carbonyl (C=O) groups excluding carboxylic acids is 1. The number of benzene rings is 2. The molecule has 8 nitrogen and oxygen atoms in total. The number of fused-ring (bicyclic) bond motifs is 2. The number of sulfonamides is 1. The lowest BCUT2D eigenvalue weighted by atomic mass is 9.88. The fourth-order valence-electron chi connectivity index (χ4n) is 4.62. The second-order valence-electron chi connectivity index (χ2n) is 8.34. The van der Waals surface area contributed by atoms with Crippen LogP contribution in [0.5, 0.6) is 0 Å². The van der Waals surface area contributed by atoms with Crippen LogP contribution < -0.4 is 11.1 Å². The summed E-state index contributed by atoms with van der Waals surface area (Å²) in [6.45, 7) is 1.11. The van der Waals surface area contributed by atoms with E-state index in [1.165, 1.54) is 15.2 Å². The number of nitrogens with two attached hydrogens (primary N) is 1. The maximum Gasteiger partial charge on any atom is 0.254 e. The first-order valence-electron chi connectivity index (χ1n) is 10.6. The molecule has 2 aromatic carbocycles. The van der Waals surface area contributed by atoms with Gasteiger partial charge in [0, 0.05) is 24.3 Å². The topological polar surface area (TPSA) is 110 Å². The smallest absolute Gasteiger partial charge is 0.254 e. The summed E-state index contributed by atoms with van der Waals surface area (Å²) in [6, 6.07) is 16.1. The Balaban J connectivity index is 1.54. The quantitative estimate of drug-likeness (QED) is 0.634. The lowest BCUT2D eigenvalue weighted by molar-refractivity contribution is 0.0850. The first kappa shape index (κ1) is 20.7. The minimum absolute atomic E-state index is 0.103. The summed E-state index contributed by atoms with van der Waals surface area (Å²) in [5.41, 5.74) is 11.4. The van der Waals surface area contributed by atoms with Crippen molar-refractivity contribution >= 4 is 27.4 Å². The van der Waals surface area contributed by atoms with Crippen LogP contribution in [-0.4, -0.2) is 47.8 Å². The molecule has 1 atom stereocenters. The van der Waals surface area contributed by atoms with Crippen molar-refractivity contribution in [2.75, 3.05) is 30.4 Å². The van der Waals surface area contributed by atoms with Crippen molar-refractivity contribution in [1.29, 1.82) is 0 Å². The molecular weight excluding hydrogens is 426 g/mol. The van der Waals surface area contributed by atoms with Crippen LogP contribution in [0.3, 0.4) is 0 Å². The standard InChI is InChI=1S/C23H25N5O3S/c1-32(30,31)27-12-10-18-21(14-27)28(26-22(18)24)23(29)17-9-11-25-20-8-7-16(13-19(17)20)15-5-3-2-4-6-15/h2-8,13,17,25H,9-12,14H2,1H3,(H2,24,26). The van der Waals surface area contributed by atoms with E-state index in [4.69, 9.17) is 5.73 Å². The van der Waals surface area contributed by atoms with Crippen LogP contribution in [0.25, 0.3) is 11.1 Å². The average Bonchev–Trinajstić information content (AvgIpc) is 3.14. The molecule has 2 aliphatic heterocycles. The van der Waals surface area contributed by atoms with E-state index >= 15 is 0 Å². The third kappa shape index (κ3) is 3.57. The lowest BCUT2D eigenvalue weighted by Gasteiger charge is -2.28. The minimum Gasteiger partial charge on any atom is -0.385 e. The molecule has 1 aromatic heterocycles. The third-order valence-corrected chi connectivity index (χ3v) is 7.57. The summed E-state index contributed by atoms with van der Waals surface area (Å²) < 4.78 is 26.9. The Morgan fingerprint density at radius 1 is 1.16 bits per heavy atom. The summed E-state index contributed by atoms with van der Waals surface area (Å²) in [5, 5.41) is 7.72. The molecule has 0 saturated carbocycles. The molecule has 0 amide bonds. The summed E-state index contributed by atoms with van der Waals surface area (Å²) >= 11 is 0. The van der Waals surface area contributed by atoms with Gasteiger partial charge >= 0.3 is 0 Å². The summed E-state index contributed by atoms with van der Waals surface area (Å²) in [5.74, 6) is -0.276. The zero-order chi connectivity index (χ0) is 22.5. The summed E-state index contributed by atoms with van der Waals surface area (Å²) in [4.78, 5) is 13.7. The molecule has 3 heterocycles. The van der Waals surface area contributed by atoms with Gasteiger partial charge in [0.25, 0.3) is 5.91 Å². The van der Waals surface area contributed by atoms with Gasteiger partial charge in [-0.1, -0.05) is 36.4 Å².